The smallest absolute Gasteiger partial charge is 0.407 e. The quantitative estimate of drug-likeness (QED) is 0.641. The van der Waals surface area contributed by atoms with Gasteiger partial charge in [-0.05, 0) is 35.7 Å². The molecular formula is C20H23Cl2N3O4S. The molecule has 1 aliphatic rings. The van der Waals surface area contributed by atoms with Gasteiger partial charge in [-0.15, -0.1) is 0 Å². The van der Waals surface area contributed by atoms with Crippen molar-refractivity contribution in [1.82, 2.24) is 9.80 Å². The lowest BCUT2D eigenvalue weighted by molar-refractivity contribution is 0.103. The van der Waals surface area contributed by atoms with E-state index in [1.807, 2.05) is 12.1 Å². The summed E-state index contributed by atoms with van der Waals surface area (Å²) in [6.45, 7) is 3.01. The van der Waals surface area contributed by atoms with Crippen LogP contribution in [0.15, 0.2) is 42.5 Å². The van der Waals surface area contributed by atoms with E-state index in [0.717, 1.165) is 5.56 Å². The number of amides is 1. The topological polar surface area (TPSA) is 89.9 Å². The molecule has 1 heterocycles. The highest BCUT2D eigenvalue weighted by Crippen LogP contribution is 2.26. The van der Waals surface area contributed by atoms with Crippen LogP contribution >= 0.6 is 23.2 Å². The Morgan fingerprint density at radius 2 is 1.70 bits per heavy atom. The summed E-state index contributed by atoms with van der Waals surface area (Å²) in [5, 5.41) is 9.79. The zero-order valence-electron chi connectivity index (χ0n) is 16.2. The van der Waals surface area contributed by atoms with Gasteiger partial charge in [0.1, 0.15) is 0 Å². The number of hydrogen-bond donors (Lipinski definition) is 2. The Kier molecular flexibility index (Phi) is 7.46. The van der Waals surface area contributed by atoms with Crippen molar-refractivity contribution in [2.24, 2.45) is 0 Å². The average molecular weight is 472 g/mol. The molecule has 1 amide bonds. The minimum absolute atomic E-state index is 0.108. The van der Waals surface area contributed by atoms with Crippen LogP contribution in [-0.2, 0) is 23.0 Å². The summed E-state index contributed by atoms with van der Waals surface area (Å²) in [4.78, 5) is 14.6. The van der Waals surface area contributed by atoms with Gasteiger partial charge in [0.05, 0.1) is 15.8 Å². The van der Waals surface area contributed by atoms with E-state index in [4.69, 9.17) is 28.3 Å². The maximum Gasteiger partial charge on any atom is 0.407 e. The van der Waals surface area contributed by atoms with Gasteiger partial charge in [0.25, 0.3) is 0 Å². The molecule has 0 saturated carbocycles. The molecular weight excluding hydrogens is 449 g/mol. The lowest BCUT2D eigenvalue weighted by atomic mass is 10.2. The second-order valence-corrected chi connectivity index (χ2v) is 9.75. The summed E-state index contributed by atoms with van der Waals surface area (Å²) in [5.74, 6) is -0.108. The van der Waals surface area contributed by atoms with Gasteiger partial charge in [-0.1, -0.05) is 47.5 Å². The molecule has 0 atom stereocenters. The van der Waals surface area contributed by atoms with Crippen molar-refractivity contribution in [3.8, 4) is 0 Å². The molecule has 1 saturated heterocycles. The molecule has 10 heteroatoms. The van der Waals surface area contributed by atoms with E-state index in [0.29, 0.717) is 54.0 Å². The first-order chi connectivity index (χ1) is 14.2. The summed E-state index contributed by atoms with van der Waals surface area (Å²) in [7, 11) is -3.54. The predicted molar refractivity (Wildman–Crippen MR) is 119 cm³/mol. The van der Waals surface area contributed by atoms with Crippen LogP contribution in [0.25, 0.3) is 0 Å². The first-order valence-corrected chi connectivity index (χ1v) is 11.9. The van der Waals surface area contributed by atoms with Crippen molar-refractivity contribution in [2.45, 2.75) is 13.0 Å². The highest BCUT2D eigenvalue weighted by Gasteiger charge is 2.20. The minimum atomic E-state index is -3.54. The van der Waals surface area contributed by atoms with Crippen LogP contribution in [0.1, 0.15) is 11.1 Å². The first-order valence-electron chi connectivity index (χ1n) is 9.46. The van der Waals surface area contributed by atoms with Crippen molar-refractivity contribution in [2.75, 3.05) is 36.7 Å². The second-order valence-electron chi connectivity index (χ2n) is 7.13. The van der Waals surface area contributed by atoms with Gasteiger partial charge in [-0.25, -0.2) is 13.2 Å². The molecule has 3 rings (SSSR count). The standard InChI is InChI=1S/C20H23Cl2N3O4S/c21-18-3-1-2-16(19(18)22)8-13-30(28,29)23-17-6-4-15(5-7-17)14-24-9-11-25(12-10-24)20(26)27/h1-7,23H,8-14H2,(H,26,27). The number of rotatable bonds is 7. The fraction of sp³-hybridized carbons (Fsp3) is 0.350. The average Bonchev–Trinajstić information content (AvgIpc) is 2.71. The van der Waals surface area contributed by atoms with Crippen molar-refractivity contribution in [1.29, 1.82) is 0 Å². The Bertz CT molecular complexity index is 992. The summed E-state index contributed by atoms with van der Waals surface area (Å²) < 4.78 is 27.4. The van der Waals surface area contributed by atoms with Crippen LogP contribution < -0.4 is 4.72 Å². The van der Waals surface area contributed by atoms with Gasteiger partial charge in [0, 0.05) is 38.4 Å². The number of nitrogens with one attached hydrogen (secondary N) is 1. The van der Waals surface area contributed by atoms with E-state index in [1.54, 1.807) is 30.3 Å². The molecule has 30 heavy (non-hydrogen) atoms. The Morgan fingerprint density at radius 1 is 1.03 bits per heavy atom. The van der Waals surface area contributed by atoms with Gasteiger partial charge in [-0.3, -0.25) is 9.62 Å². The summed E-state index contributed by atoms with van der Waals surface area (Å²) in [5.41, 5.74) is 2.21. The molecule has 7 nitrogen and oxygen atoms in total. The van der Waals surface area contributed by atoms with Gasteiger partial charge >= 0.3 is 6.09 Å². The number of sulfonamides is 1. The number of carboxylic acid groups (broad SMARTS) is 1. The Labute approximate surface area is 186 Å². The molecule has 2 aromatic carbocycles. The molecule has 162 valence electrons. The van der Waals surface area contributed by atoms with Gasteiger partial charge < -0.3 is 10.0 Å². The number of benzene rings is 2. The number of anilines is 1. The van der Waals surface area contributed by atoms with Crippen LogP contribution in [0.5, 0.6) is 0 Å². The molecule has 0 spiro atoms. The van der Waals surface area contributed by atoms with E-state index in [1.165, 1.54) is 4.90 Å². The van der Waals surface area contributed by atoms with E-state index in [2.05, 4.69) is 9.62 Å². The summed E-state index contributed by atoms with van der Waals surface area (Å²) >= 11 is 12.1. The molecule has 0 unspecified atom stereocenters. The second kappa shape index (κ2) is 9.87. The molecule has 2 aromatic rings. The van der Waals surface area contributed by atoms with Crippen LogP contribution in [0.3, 0.4) is 0 Å². The lowest BCUT2D eigenvalue weighted by Crippen LogP contribution is -2.47. The number of hydrogen-bond acceptors (Lipinski definition) is 4. The fourth-order valence-corrected chi connectivity index (χ4v) is 4.75. The minimum Gasteiger partial charge on any atom is -0.465 e. The SMILES string of the molecule is O=C(O)N1CCN(Cc2ccc(NS(=O)(=O)CCc3cccc(Cl)c3Cl)cc2)CC1. The van der Waals surface area contributed by atoms with Gasteiger partial charge in [0.15, 0.2) is 0 Å². The number of carbonyl (C=O) groups is 1. The van der Waals surface area contributed by atoms with E-state index < -0.39 is 16.1 Å². The lowest BCUT2D eigenvalue weighted by Gasteiger charge is -2.33. The largest absolute Gasteiger partial charge is 0.465 e. The van der Waals surface area contributed by atoms with Crippen molar-refractivity contribution >= 4 is 45.0 Å². The van der Waals surface area contributed by atoms with Crippen LogP contribution in [0.2, 0.25) is 10.0 Å². The van der Waals surface area contributed by atoms with E-state index in [9.17, 15) is 13.2 Å². The maximum atomic E-state index is 12.4. The highest BCUT2D eigenvalue weighted by molar-refractivity contribution is 7.92. The highest BCUT2D eigenvalue weighted by atomic mass is 35.5. The summed E-state index contributed by atoms with van der Waals surface area (Å²) in [6.07, 6.45) is -0.626. The Morgan fingerprint density at radius 3 is 2.33 bits per heavy atom. The number of piperazine rings is 1. The zero-order chi connectivity index (χ0) is 21.7. The van der Waals surface area contributed by atoms with Crippen molar-refractivity contribution in [3.63, 3.8) is 0 Å². The van der Waals surface area contributed by atoms with E-state index >= 15 is 0 Å². The molecule has 0 aliphatic carbocycles. The predicted octanol–water partition coefficient (Wildman–Crippen LogP) is 3.77. The number of halogens is 2. The number of nitrogens with zero attached hydrogens (tertiary/aromatic N) is 2. The van der Waals surface area contributed by atoms with Crippen LogP contribution in [0.4, 0.5) is 10.5 Å². The van der Waals surface area contributed by atoms with Crippen molar-refractivity contribution < 1.29 is 18.3 Å². The molecule has 1 fully saturated rings. The number of aryl methyl sites for hydroxylation is 1. The molecule has 0 aromatic heterocycles. The third-order valence-corrected chi connectivity index (χ3v) is 7.09. The maximum absolute atomic E-state index is 12.4. The van der Waals surface area contributed by atoms with Gasteiger partial charge in [0.2, 0.25) is 10.0 Å². The molecule has 1 aliphatic heterocycles. The molecule has 0 radical (unpaired) electrons. The normalized spacial score (nSPS) is 15.2. The fourth-order valence-electron chi connectivity index (χ4n) is 3.25. The van der Waals surface area contributed by atoms with E-state index in [-0.39, 0.29) is 12.2 Å². The van der Waals surface area contributed by atoms with Crippen LogP contribution in [0, 0.1) is 0 Å². The van der Waals surface area contributed by atoms with Crippen LogP contribution in [-0.4, -0.2) is 61.3 Å². The van der Waals surface area contributed by atoms with Crippen molar-refractivity contribution in [3.05, 3.63) is 63.6 Å². The Hall–Kier alpha value is -2.00. The monoisotopic (exact) mass is 471 g/mol. The first kappa shape index (κ1) is 22.7. The van der Waals surface area contributed by atoms with Gasteiger partial charge in [-0.2, -0.15) is 0 Å². The molecule has 0 bridgehead atoms. The summed E-state index contributed by atoms with van der Waals surface area (Å²) in [6, 6.07) is 12.4. The zero-order valence-corrected chi connectivity index (χ0v) is 18.6. The third-order valence-electron chi connectivity index (χ3n) is 4.95. The third kappa shape index (κ3) is 6.25. The Balaban J connectivity index is 1.52. The molecule has 2 N–H and O–H groups in total.